The van der Waals surface area contributed by atoms with Crippen molar-refractivity contribution >= 4 is 55.1 Å². The number of carbonyl (C=O) groups is 1. The highest BCUT2D eigenvalue weighted by Gasteiger charge is 2.18. The van der Waals surface area contributed by atoms with Crippen LogP contribution in [0.2, 0.25) is 0 Å². The van der Waals surface area contributed by atoms with E-state index in [2.05, 4.69) is 31.1 Å². The van der Waals surface area contributed by atoms with E-state index in [1.54, 1.807) is 10.8 Å². The van der Waals surface area contributed by atoms with Gasteiger partial charge in [-0.1, -0.05) is 50.7 Å². The maximum absolute atomic E-state index is 13.3. The zero-order valence-electron chi connectivity index (χ0n) is 18.4. The highest BCUT2D eigenvalue weighted by molar-refractivity contribution is 7.99. The minimum Gasteiger partial charge on any atom is -0.325 e. The molecule has 1 N–H and O–H groups in total. The number of hydrogen-bond donors (Lipinski definition) is 1. The first kappa shape index (κ1) is 22.5. The number of benzene rings is 1. The van der Waals surface area contributed by atoms with E-state index < -0.39 is 0 Å². The SMILES string of the molecule is CCc1ccccc1NC(=O)CSc1nc2c(sc3ncccc32)c(=O)n1CCC(C)C. The quantitative estimate of drug-likeness (QED) is 0.280. The molecule has 0 aliphatic rings. The molecule has 1 aromatic carbocycles. The first-order chi connectivity index (χ1) is 15.5. The molecule has 0 saturated heterocycles. The molecule has 0 unspecified atom stereocenters. The number of rotatable bonds is 8. The molecular formula is C24H26N4O2S2. The Hall–Kier alpha value is -2.71. The molecule has 0 saturated carbocycles. The van der Waals surface area contributed by atoms with Gasteiger partial charge in [-0.2, -0.15) is 0 Å². The van der Waals surface area contributed by atoms with Gasteiger partial charge in [-0.15, -0.1) is 11.3 Å². The number of fused-ring (bicyclic) bond motifs is 3. The fraction of sp³-hybridized carbons (Fsp3) is 0.333. The number of para-hydroxylation sites is 1. The van der Waals surface area contributed by atoms with E-state index in [0.717, 1.165) is 34.3 Å². The number of anilines is 1. The first-order valence-corrected chi connectivity index (χ1v) is 12.6. The highest BCUT2D eigenvalue weighted by atomic mass is 32.2. The van der Waals surface area contributed by atoms with Crippen LogP contribution in [-0.4, -0.2) is 26.2 Å². The van der Waals surface area contributed by atoms with Crippen molar-refractivity contribution in [3.05, 3.63) is 58.5 Å². The second-order valence-electron chi connectivity index (χ2n) is 8.02. The Bertz CT molecular complexity index is 1330. The monoisotopic (exact) mass is 466 g/mol. The predicted octanol–water partition coefficient (Wildman–Crippen LogP) is 5.35. The van der Waals surface area contributed by atoms with Crippen LogP contribution in [-0.2, 0) is 17.8 Å². The van der Waals surface area contributed by atoms with Crippen LogP contribution in [0.3, 0.4) is 0 Å². The molecule has 3 heterocycles. The van der Waals surface area contributed by atoms with Gasteiger partial charge >= 0.3 is 0 Å². The van der Waals surface area contributed by atoms with Crippen molar-refractivity contribution in [3.63, 3.8) is 0 Å². The summed E-state index contributed by atoms with van der Waals surface area (Å²) >= 11 is 2.68. The molecule has 32 heavy (non-hydrogen) atoms. The van der Waals surface area contributed by atoms with Crippen molar-refractivity contribution in [2.24, 2.45) is 5.92 Å². The van der Waals surface area contributed by atoms with E-state index in [4.69, 9.17) is 4.98 Å². The summed E-state index contributed by atoms with van der Waals surface area (Å²) in [6.45, 7) is 6.90. The molecule has 6 nitrogen and oxygen atoms in total. The third kappa shape index (κ3) is 4.71. The lowest BCUT2D eigenvalue weighted by Gasteiger charge is -2.14. The smallest absolute Gasteiger partial charge is 0.272 e. The molecule has 0 fully saturated rings. The maximum Gasteiger partial charge on any atom is 0.272 e. The number of aromatic nitrogens is 3. The van der Waals surface area contributed by atoms with Crippen LogP contribution in [0, 0.1) is 5.92 Å². The summed E-state index contributed by atoms with van der Waals surface area (Å²) in [4.78, 5) is 36.1. The Labute approximate surface area is 195 Å². The van der Waals surface area contributed by atoms with Gasteiger partial charge in [0.15, 0.2) is 5.16 Å². The van der Waals surface area contributed by atoms with Crippen LogP contribution in [0.15, 0.2) is 52.5 Å². The lowest BCUT2D eigenvalue weighted by molar-refractivity contribution is -0.113. The Morgan fingerprint density at radius 1 is 1.22 bits per heavy atom. The zero-order chi connectivity index (χ0) is 22.7. The minimum absolute atomic E-state index is 0.0575. The number of thioether (sulfide) groups is 1. The van der Waals surface area contributed by atoms with E-state index in [1.165, 1.54) is 23.1 Å². The second-order valence-corrected chi connectivity index (χ2v) is 9.96. The lowest BCUT2D eigenvalue weighted by Crippen LogP contribution is -2.24. The standard InChI is InChI=1S/C24H26N4O2S2/c1-4-16-8-5-6-10-18(16)26-19(29)14-31-24-27-20-17-9-7-12-25-22(17)32-21(20)23(30)28(24)13-11-15(2)3/h5-10,12,15H,4,11,13-14H2,1-3H3,(H,26,29). The van der Waals surface area contributed by atoms with Crippen LogP contribution in [0.1, 0.15) is 32.8 Å². The highest BCUT2D eigenvalue weighted by Crippen LogP contribution is 2.30. The molecule has 3 aromatic heterocycles. The predicted molar refractivity (Wildman–Crippen MR) is 134 cm³/mol. The average molecular weight is 467 g/mol. The van der Waals surface area contributed by atoms with Crippen molar-refractivity contribution in [3.8, 4) is 0 Å². The van der Waals surface area contributed by atoms with Crippen molar-refractivity contribution in [1.29, 1.82) is 0 Å². The van der Waals surface area contributed by atoms with E-state index in [-0.39, 0.29) is 17.2 Å². The van der Waals surface area contributed by atoms with Crippen LogP contribution in [0.25, 0.3) is 20.4 Å². The summed E-state index contributed by atoms with van der Waals surface area (Å²) in [7, 11) is 0. The first-order valence-electron chi connectivity index (χ1n) is 10.8. The Morgan fingerprint density at radius 3 is 2.81 bits per heavy atom. The molecule has 0 radical (unpaired) electrons. The number of aryl methyl sites for hydroxylation is 1. The molecule has 166 valence electrons. The second kappa shape index (κ2) is 9.83. The van der Waals surface area contributed by atoms with Gasteiger partial charge in [0.05, 0.1) is 11.3 Å². The molecular weight excluding hydrogens is 440 g/mol. The zero-order valence-corrected chi connectivity index (χ0v) is 20.1. The van der Waals surface area contributed by atoms with Gasteiger partial charge in [-0.3, -0.25) is 14.2 Å². The van der Waals surface area contributed by atoms with Gasteiger partial charge in [-0.05, 0) is 42.5 Å². The van der Waals surface area contributed by atoms with Crippen molar-refractivity contribution < 1.29 is 4.79 Å². The number of amides is 1. The van der Waals surface area contributed by atoms with Gasteiger partial charge in [0.25, 0.3) is 5.56 Å². The van der Waals surface area contributed by atoms with Crippen LogP contribution in [0.4, 0.5) is 5.69 Å². The Kier molecular flexibility index (Phi) is 6.91. The number of carbonyl (C=O) groups excluding carboxylic acids is 1. The van der Waals surface area contributed by atoms with Gasteiger partial charge in [0.1, 0.15) is 9.53 Å². The summed E-state index contributed by atoms with van der Waals surface area (Å²) in [6.07, 6.45) is 3.43. The van der Waals surface area contributed by atoms with Crippen LogP contribution < -0.4 is 10.9 Å². The molecule has 0 spiro atoms. The molecule has 1 amide bonds. The molecule has 0 atom stereocenters. The number of thiophene rings is 1. The number of nitrogens with one attached hydrogen (secondary N) is 1. The van der Waals surface area contributed by atoms with Crippen molar-refractivity contribution in [1.82, 2.24) is 14.5 Å². The molecule has 0 bridgehead atoms. The average Bonchev–Trinajstić information content (AvgIpc) is 3.16. The Morgan fingerprint density at radius 2 is 2.03 bits per heavy atom. The molecule has 4 aromatic rings. The van der Waals surface area contributed by atoms with Gasteiger partial charge in [0, 0.05) is 23.8 Å². The maximum atomic E-state index is 13.3. The third-order valence-corrected chi connectivity index (χ3v) is 7.32. The Balaban J connectivity index is 1.65. The fourth-order valence-electron chi connectivity index (χ4n) is 3.50. The van der Waals surface area contributed by atoms with Crippen molar-refractivity contribution in [2.45, 2.75) is 45.3 Å². The largest absolute Gasteiger partial charge is 0.325 e. The number of nitrogens with zero attached hydrogens (tertiary/aromatic N) is 3. The summed E-state index contributed by atoms with van der Waals surface area (Å²) in [5, 5.41) is 4.45. The normalized spacial score (nSPS) is 11.5. The number of hydrogen-bond acceptors (Lipinski definition) is 6. The van der Waals surface area contributed by atoms with Gasteiger partial charge in [-0.25, -0.2) is 9.97 Å². The van der Waals surface area contributed by atoms with Crippen molar-refractivity contribution in [2.75, 3.05) is 11.1 Å². The van der Waals surface area contributed by atoms with E-state index in [9.17, 15) is 9.59 Å². The third-order valence-electron chi connectivity index (χ3n) is 5.25. The lowest BCUT2D eigenvalue weighted by atomic mass is 10.1. The summed E-state index contributed by atoms with van der Waals surface area (Å²) in [6, 6.07) is 11.6. The van der Waals surface area contributed by atoms with Crippen LogP contribution in [0.5, 0.6) is 0 Å². The van der Waals surface area contributed by atoms with E-state index in [0.29, 0.717) is 27.8 Å². The van der Waals surface area contributed by atoms with E-state index in [1.807, 2.05) is 36.4 Å². The summed E-state index contributed by atoms with van der Waals surface area (Å²) in [5.41, 5.74) is 2.54. The minimum atomic E-state index is -0.113. The molecule has 4 rings (SSSR count). The molecule has 0 aliphatic heterocycles. The van der Waals surface area contributed by atoms with Gasteiger partial charge in [0.2, 0.25) is 5.91 Å². The summed E-state index contributed by atoms with van der Waals surface area (Å²) < 4.78 is 2.34. The summed E-state index contributed by atoms with van der Waals surface area (Å²) in [5.74, 6) is 0.517. The van der Waals surface area contributed by atoms with Crippen LogP contribution >= 0.6 is 23.1 Å². The fourth-order valence-corrected chi connectivity index (χ4v) is 5.35. The topological polar surface area (TPSA) is 76.9 Å². The molecule has 8 heteroatoms. The number of pyridine rings is 1. The van der Waals surface area contributed by atoms with E-state index >= 15 is 0 Å². The molecule has 0 aliphatic carbocycles. The van der Waals surface area contributed by atoms with Gasteiger partial charge < -0.3 is 5.32 Å².